The zero-order valence-corrected chi connectivity index (χ0v) is 19.8. The van der Waals surface area contributed by atoms with Gasteiger partial charge in [0.05, 0.1) is 23.0 Å². The summed E-state index contributed by atoms with van der Waals surface area (Å²) in [5, 5.41) is 18.7. The first-order valence-electron chi connectivity index (χ1n) is 11.7. The van der Waals surface area contributed by atoms with Gasteiger partial charge in [-0.25, -0.2) is 19.7 Å². The van der Waals surface area contributed by atoms with Crippen LogP contribution >= 0.6 is 0 Å². The molecule has 186 valence electrons. The quantitative estimate of drug-likeness (QED) is 0.301. The van der Waals surface area contributed by atoms with Gasteiger partial charge in [0.15, 0.2) is 0 Å². The first-order chi connectivity index (χ1) is 18.1. The van der Waals surface area contributed by atoms with Crippen molar-refractivity contribution in [2.45, 2.75) is 0 Å². The van der Waals surface area contributed by atoms with Crippen molar-refractivity contribution in [1.82, 2.24) is 25.3 Å². The molecule has 0 saturated carbocycles. The van der Waals surface area contributed by atoms with Crippen molar-refractivity contribution in [3.8, 4) is 11.3 Å². The topological polar surface area (TPSA) is 145 Å². The van der Waals surface area contributed by atoms with Crippen LogP contribution in [-0.2, 0) is 0 Å². The average Bonchev–Trinajstić information content (AvgIpc) is 2.94. The molecule has 0 bridgehead atoms. The lowest BCUT2D eigenvalue weighted by Crippen LogP contribution is -2.43. The van der Waals surface area contributed by atoms with E-state index in [1.165, 1.54) is 12.1 Å². The van der Waals surface area contributed by atoms with Crippen LogP contribution in [-0.4, -0.2) is 63.1 Å². The van der Waals surface area contributed by atoms with E-state index in [2.05, 4.69) is 35.8 Å². The summed E-state index contributed by atoms with van der Waals surface area (Å²) in [4.78, 5) is 44.4. The second-order valence-electron chi connectivity index (χ2n) is 8.29. The molecular weight excluding hydrogens is 472 g/mol. The standard InChI is InChI=1S/C26H24N8O3/c35-25(19-3-1-2-4-20(19)26(36)37)31-18-14-21(32-22(15-18)33-23-16-28-7-8-29-23)17-5-6-30-24(13-17)34-11-9-27-10-12-34/h1-8,13-16,27H,9-12H2,(H,36,37)(H2,29,31,32,33,35). The smallest absolute Gasteiger partial charge is 0.336 e. The van der Waals surface area contributed by atoms with Crippen molar-refractivity contribution in [2.24, 2.45) is 0 Å². The third-order valence-electron chi connectivity index (χ3n) is 5.79. The second-order valence-corrected chi connectivity index (χ2v) is 8.29. The van der Waals surface area contributed by atoms with Crippen molar-refractivity contribution >= 4 is 35.0 Å². The minimum absolute atomic E-state index is 0.0571. The Labute approximate surface area is 212 Å². The van der Waals surface area contributed by atoms with Crippen LogP contribution in [0.4, 0.5) is 23.1 Å². The lowest BCUT2D eigenvalue weighted by atomic mass is 10.1. The molecule has 0 atom stereocenters. The number of piperazine rings is 1. The van der Waals surface area contributed by atoms with E-state index in [0.29, 0.717) is 23.0 Å². The van der Waals surface area contributed by atoms with Crippen molar-refractivity contribution in [1.29, 1.82) is 0 Å². The summed E-state index contributed by atoms with van der Waals surface area (Å²) < 4.78 is 0. The molecule has 0 radical (unpaired) electrons. The fraction of sp³-hybridized carbons (Fsp3) is 0.154. The number of nitrogens with one attached hydrogen (secondary N) is 3. The number of nitrogens with zero attached hydrogens (tertiary/aromatic N) is 5. The Morgan fingerprint density at radius 1 is 0.919 bits per heavy atom. The second kappa shape index (κ2) is 10.8. The molecule has 1 aliphatic heterocycles. The van der Waals surface area contributed by atoms with Gasteiger partial charge in [-0.05, 0) is 30.3 Å². The number of aromatic carboxylic acids is 1. The Balaban J connectivity index is 1.50. The van der Waals surface area contributed by atoms with Gasteiger partial charge in [-0.15, -0.1) is 0 Å². The lowest BCUT2D eigenvalue weighted by Gasteiger charge is -2.28. The zero-order valence-electron chi connectivity index (χ0n) is 19.8. The molecule has 3 aromatic heterocycles. The predicted molar refractivity (Wildman–Crippen MR) is 139 cm³/mol. The normalized spacial score (nSPS) is 13.1. The molecule has 0 aliphatic carbocycles. The summed E-state index contributed by atoms with van der Waals surface area (Å²) in [5.41, 5.74) is 1.81. The van der Waals surface area contributed by atoms with E-state index in [4.69, 9.17) is 4.98 Å². The first kappa shape index (κ1) is 23.8. The van der Waals surface area contributed by atoms with Gasteiger partial charge in [0.2, 0.25) is 0 Å². The van der Waals surface area contributed by atoms with Crippen molar-refractivity contribution in [3.05, 3.63) is 84.4 Å². The molecule has 1 amide bonds. The third kappa shape index (κ3) is 5.68. The Bertz CT molecular complexity index is 1420. The SMILES string of the molecule is O=C(O)c1ccccc1C(=O)Nc1cc(Nc2cnccn2)nc(-c2ccnc(N3CCNCC3)c2)c1. The van der Waals surface area contributed by atoms with E-state index < -0.39 is 11.9 Å². The van der Waals surface area contributed by atoms with Gasteiger partial charge in [-0.2, -0.15) is 0 Å². The van der Waals surface area contributed by atoms with Crippen molar-refractivity contribution in [3.63, 3.8) is 0 Å². The van der Waals surface area contributed by atoms with Gasteiger partial charge in [-0.3, -0.25) is 9.78 Å². The van der Waals surface area contributed by atoms with Crippen LogP contribution in [0.2, 0.25) is 0 Å². The van der Waals surface area contributed by atoms with E-state index in [1.807, 2.05) is 12.1 Å². The van der Waals surface area contributed by atoms with Crippen LogP contribution in [0.25, 0.3) is 11.3 Å². The van der Waals surface area contributed by atoms with Crippen LogP contribution in [0.1, 0.15) is 20.7 Å². The summed E-state index contributed by atoms with van der Waals surface area (Å²) in [7, 11) is 0. The molecule has 0 unspecified atom stereocenters. The Kier molecular flexibility index (Phi) is 6.95. The highest BCUT2D eigenvalue weighted by Gasteiger charge is 2.18. The zero-order chi connectivity index (χ0) is 25.6. The molecule has 11 heteroatoms. The number of carbonyl (C=O) groups excluding carboxylic acids is 1. The van der Waals surface area contributed by atoms with E-state index in [9.17, 15) is 14.7 Å². The number of benzene rings is 1. The number of pyridine rings is 2. The fourth-order valence-electron chi connectivity index (χ4n) is 4.02. The number of carboxylic acid groups (broad SMARTS) is 1. The number of hydrogen-bond donors (Lipinski definition) is 4. The molecule has 0 spiro atoms. The molecule has 4 N–H and O–H groups in total. The number of aromatic nitrogens is 4. The number of carbonyl (C=O) groups is 2. The highest BCUT2D eigenvalue weighted by Crippen LogP contribution is 2.28. The molecule has 1 aliphatic rings. The van der Waals surface area contributed by atoms with E-state index in [0.717, 1.165) is 37.6 Å². The number of anilines is 4. The summed E-state index contributed by atoms with van der Waals surface area (Å²) in [6, 6.07) is 13.3. The maximum absolute atomic E-state index is 13.1. The average molecular weight is 497 g/mol. The molecule has 1 fully saturated rings. The minimum atomic E-state index is -1.18. The fourth-order valence-corrected chi connectivity index (χ4v) is 4.02. The van der Waals surface area contributed by atoms with Gasteiger partial charge in [0, 0.05) is 62.1 Å². The molecule has 5 rings (SSSR count). The van der Waals surface area contributed by atoms with Gasteiger partial charge in [-0.1, -0.05) is 12.1 Å². The summed E-state index contributed by atoms with van der Waals surface area (Å²) in [6.45, 7) is 3.47. The third-order valence-corrected chi connectivity index (χ3v) is 5.79. The molecule has 4 aromatic rings. The first-order valence-corrected chi connectivity index (χ1v) is 11.7. The molecular formula is C26H24N8O3. The number of amides is 1. The highest BCUT2D eigenvalue weighted by molar-refractivity contribution is 6.10. The van der Waals surface area contributed by atoms with E-state index >= 15 is 0 Å². The number of hydrogen-bond acceptors (Lipinski definition) is 9. The molecule has 37 heavy (non-hydrogen) atoms. The van der Waals surface area contributed by atoms with Gasteiger partial charge in [0.1, 0.15) is 17.5 Å². The summed E-state index contributed by atoms with van der Waals surface area (Å²) >= 11 is 0. The molecule has 1 aromatic carbocycles. The molecule has 11 nitrogen and oxygen atoms in total. The maximum atomic E-state index is 13.1. The van der Waals surface area contributed by atoms with Gasteiger partial charge < -0.3 is 26.0 Å². The van der Waals surface area contributed by atoms with Crippen LogP contribution < -0.4 is 20.9 Å². The molecule has 4 heterocycles. The number of rotatable bonds is 7. The van der Waals surface area contributed by atoms with Crippen LogP contribution in [0.5, 0.6) is 0 Å². The van der Waals surface area contributed by atoms with E-state index in [-0.39, 0.29) is 11.1 Å². The van der Waals surface area contributed by atoms with Gasteiger partial charge >= 0.3 is 5.97 Å². The van der Waals surface area contributed by atoms with Crippen LogP contribution in [0.15, 0.2) is 73.3 Å². The maximum Gasteiger partial charge on any atom is 0.336 e. The van der Waals surface area contributed by atoms with Crippen molar-refractivity contribution in [2.75, 3.05) is 41.7 Å². The summed E-state index contributed by atoms with van der Waals surface area (Å²) in [5.74, 6) is 0.0338. The Hall–Kier alpha value is -4.90. The Morgan fingerprint density at radius 3 is 2.49 bits per heavy atom. The Morgan fingerprint density at radius 2 is 1.73 bits per heavy atom. The minimum Gasteiger partial charge on any atom is -0.478 e. The van der Waals surface area contributed by atoms with Crippen molar-refractivity contribution < 1.29 is 14.7 Å². The lowest BCUT2D eigenvalue weighted by molar-refractivity contribution is 0.0692. The van der Waals surface area contributed by atoms with Crippen LogP contribution in [0.3, 0.4) is 0 Å². The highest BCUT2D eigenvalue weighted by atomic mass is 16.4. The van der Waals surface area contributed by atoms with Gasteiger partial charge in [0.25, 0.3) is 5.91 Å². The van der Waals surface area contributed by atoms with Crippen LogP contribution in [0, 0.1) is 0 Å². The monoisotopic (exact) mass is 496 g/mol. The summed E-state index contributed by atoms with van der Waals surface area (Å²) in [6.07, 6.45) is 6.42. The predicted octanol–water partition coefficient (Wildman–Crippen LogP) is 3.04. The molecule has 1 saturated heterocycles. The largest absolute Gasteiger partial charge is 0.478 e. The number of carboxylic acids is 1. The van der Waals surface area contributed by atoms with E-state index in [1.54, 1.807) is 49.1 Å².